The summed E-state index contributed by atoms with van der Waals surface area (Å²) in [6.07, 6.45) is 0. The lowest BCUT2D eigenvalue weighted by molar-refractivity contribution is -0.885. The van der Waals surface area contributed by atoms with E-state index in [2.05, 4.69) is 15.7 Å². The topological polar surface area (TPSA) is 80.5 Å². The second-order valence-corrected chi connectivity index (χ2v) is 6.54. The molecule has 3 rings (SSSR count). The summed E-state index contributed by atoms with van der Waals surface area (Å²) in [5, 5.41) is 10.3. The minimum Gasteiger partial charge on any atom is -0.346 e. The van der Waals surface area contributed by atoms with E-state index in [0.717, 1.165) is 34.2 Å². The maximum atomic E-state index is 12.4. The van der Waals surface area contributed by atoms with Crippen LogP contribution in [-0.2, 0) is 9.59 Å². The molecule has 7 nitrogen and oxygen atoms in total. The summed E-state index contributed by atoms with van der Waals surface area (Å²) in [4.78, 5) is 24.8. The molecule has 25 heavy (non-hydrogen) atoms. The summed E-state index contributed by atoms with van der Waals surface area (Å²) in [5.41, 5.74) is 4.56. The first kappa shape index (κ1) is 17.2. The Bertz CT molecular complexity index is 795. The fourth-order valence-electron chi connectivity index (χ4n) is 3.08. The van der Waals surface area contributed by atoms with E-state index in [9.17, 15) is 9.59 Å². The van der Waals surface area contributed by atoms with Crippen molar-refractivity contribution in [1.29, 1.82) is 0 Å². The molecule has 1 aliphatic rings. The average molecular weight is 342 g/mol. The summed E-state index contributed by atoms with van der Waals surface area (Å²) in [6.45, 7) is 7.87. The number of rotatable bonds is 4. The van der Waals surface area contributed by atoms with Gasteiger partial charge in [0, 0.05) is 0 Å². The van der Waals surface area contributed by atoms with Crippen molar-refractivity contribution in [2.45, 2.75) is 20.8 Å². The third-order valence-electron chi connectivity index (χ3n) is 4.46. The number of carbonyl (C=O) groups is 2. The van der Waals surface area contributed by atoms with Crippen LogP contribution in [0.15, 0.2) is 24.3 Å². The summed E-state index contributed by atoms with van der Waals surface area (Å²) in [7, 11) is 0. The monoisotopic (exact) mass is 342 g/mol. The van der Waals surface area contributed by atoms with E-state index >= 15 is 0 Å². The predicted molar refractivity (Wildman–Crippen MR) is 95.0 cm³/mol. The maximum absolute atomic E-state index is 12.4. The molecule has 0 radical (unpaired) electrons. The number of hydrogen-bond acceptors (Lipinski definition) is 3. The minimum atomic E-state index is -0.0978. The molecule has 0 aliphatic carbocycles. The zero-order valence-corrected chi connectivity index (χ0v) is 14.8. The molecular weight excluding hydrogens is 318 g/mol. The van der Waals surface area contributed by atoms with Gasteiger partial charge >= 0.3 is 0 Å². The van der Waals surface area contributed by atoms with Gasteiger partial charge < -0.3 is 15.5 Å². The van der Waals surface area contributed by atoms with Crippen molar-refractivity contribution < 1.29 is 14.5 Å². The fourth-order valence-corrected chi connectivity index (χ4v) is 3.08. The van der Waals surface area contributed by atoms with Gasteiger partial charge in [-0.25, -0.2) is 4.68 Å². The van der Waals surface area contributed by atoms with E-state index < -0.39 is 0 Å². The molecule has 1 aliphatic heterocycles. The molecule has 1 unspecified atom stereocenters. The van der Waals surface area contributed by atoms with Crippen LogP contribution in [0.3, 0.4) is 0 Å². The summed E-state index contributed by atoms with van der Waals surface area (Å²) >= 11 is 0. The molecule has 1 saturated heterocycles. The van der Waals surface area contributed by atoms with Crippen LogP contribution in [0.4, 0.5) is 5.69 Å². The quantitative estimate of drug-likeness (QED) is 0.717. The zero-order valence-electron chi connectivity index (χ0n) is 14.8. The number of piperazine rings is 1. The van der Waals surface area contributed by atoms with Crippen molar-refractivity contribution in [3.05, 3.63) is 41.2 Å². The van der Waals surface area contributed by atoms with Gasteiger partial charge in [-0.05, 0) is 32.9 Å². The third-order valence-corrected chi connectivity index (χ3v) is 4.46. The lowest BCUT2D eigenvalue weighted by Crippen LogP contribution is -3.16. The Balaban J connectivity index is 1.73. The number of aryl methyl sites for hydroxylation is 2. The normalized spacial score (nSPS) is 17.2. The Hall–Kier alpha value is -2.67. The molecule has 0 bridgehead atoms. The van der Waals surface area contributed by atoms with E-state index in [0.29, 0.717) is 13.1 Å². The standard InChI is InChI=1S/C18H23N5O2/c1-12-4-6-15(7-5-12)23-14(3)18(13(2)21-23)20-17(25)11-22-9-8-19-16(24)10-22/h4-7H,8-11H2,1-3H3,(H,19,24)(H,20,25)/p+1. The van der Waals surface area contributed by atoms with Crippen LogP contribution in [0.25, 0.3) is 5.69 Å². The predicted octanol–water partition coefficient (Wildman–Crippen LogP) is -0.249. The molecule has 1 aromatic carbocycles. The van der Waals surface area contributed by atoms with Crippen molar-refractivity contribution >= 4 is 17.5 Å². The van der Waals surface area contributed by atoms with Crippen molar-refractivity contribution in [2.75, 3.05) is 31.5 Å². The number of amides is 2. The Morgan fingerprint density at radius 3 is 2.68 bits per heavy atom. The first-order chi connectivity index (χ1) is 11.9. The molecule has 0 saturated carbocycles. The third kappa shape index (κ3) is 3.88. The van der Waals surface area contributed by atoms with Gasteiger partial charge in [0.25, 0.3) is 11.8 Å². The lowest BCUT2D eigenvalue weighted by atomic mass is 10.2. The van der Waals surface area contributed by atoms with Crippen molar-refractivity contribution in [1.82, 2.24) is 15.1 Å². The number of anilines is 1. The zero-order chi connectivity index (χ0) is 18.0. The number of hydrogen-bond donors (Lipinski definition) is 3. The van der Waals surface area contributed by atoms with E-state index in [1.54, 1.807) is 0 Å². The lowest BCUT2D eigenvalue weighted by Gasteiger charge is -2.22. The van der Waals surface area contributed by atoms with E-state index in [-0.39, 0.29) is 18.4 Å². The number of benzene rings is 1. The molecular formula is C18H24N5O2+. The van der Waals surface area contributed by atoms with Crippen LogP contribution in [0.2, 0.25) is 0 Å². The molecule has 0 spiro atoms. The molecule has 2 aromatic rings. The Morgan fingerprint density at radius 2 is 2.00 bits per heavy atom. The highest BCUT2D eigenvalue weighted by atomic mass is 16.2. The summed E-state index contributed by atoms with van der Waals surface area (Å²) < 4.78 is 1.84. The van der Waals surface area contributed by atoms with E-state index in [4.69, 9.17) is 0 Å². The second kappa shape index (κ2) is 7.06. The van der Waals surface area contributed by atoms with Gasteiger partial charge in [0.2, 0.25) is 0 Å². The maximum Gasteiger partial charge on any atom is 0.279 e. The Morgan fingerprint density at radius 1 is 1.28 bits per heavy atom. The SMILES string of the molecule is Cc1ccc(-n2nc(C)c(NC(=O)C[NH+]3CCNC(=O)C3)c2C)cc1. The van der Waals surface area contributed by atoms with Crippen LogP contribution in [0, 0.1) is 20.8 Å². The first-order valence-corrected chi connectivity index (χ1v) is 8.47. The van der Waals surface area contributed by atoms with Crippen LogP contribution >= 0.6 is 0 Å². The number of aromatic nitrogens is 2. The molecule has 3 N–H and O–H groups in total. The molecule has 132 valence electrons. The largest absolute Gasteiger partial charge is 0.346 e. The first-order valence-electron chi connectivity index (χ1n) is 8.47. The van der Waals surface area contributed by atoms with Crippen LogP contribution < -0.4 is 15.5 Å². The molecule has 1 fully saturated rings. The number of nitrogens with zero attached hydrogens (tertiary/aromatic N) is 2. The van der Waals surface area contributed by atoms with Crippen LogP contribution in [0.5, 0.6) is 0 Å². The summed E-state index contributed by atoms with van der Waals surface area (Å²) in [5.74, 6) is -0.104. The van der Waals surface area contributed by atoms with Crippen molar-refractivity contribution in [3.63, 3.8) is 0 Å². The molecule has 7 heteroatoms. The van der Waals surface area contributed by atoms with E-state index in [1.165, 1.54) is 5.56 Å². The van der Waals surface area contributed by atoms with Crippen LogP contribution in [-0.4, -0.2) is 47.8 Å². The van der Waals surface area contributed by atoms with Gasteiger partial charge in [-0.1, -0.05) is 17.7 Å². The van der Waals surface area contributed by atoms with Crippen molar-refractivity contribution in [3.8, 4) is 5.69 Å². The van der Waals surface area contributed by atoms with Gasteiger partial charge in [0.15, 0.2) is 13.1 Å². The Kier molecular flexibility index (Phi) is 4.85. The van der Waals surface area contributed by atoms with Crippen LogP contribution in [0.1, 0.15) is 17.0 Å². The average Bonchev–Trinajstić information content (AvgIpc) is 2.84. The number of carbonyl (C=O) groups excluding carboxylic acids is 2. The molecule has 2 amide bonds. The highest BCUT2D eigenvalue weighted by Crippen LogP contribution is 2.22. The molecule has 2 heterocycles. The second-order valence-electron chi connectivity index (χ2n) is 6.54. The number of nitrogens with one attached hydrogen (secondary N) is 3. The smallest absolute Gasteiger partial charge is 0.279 e. The Labute approximate surface area is 147 Å². The molecule has 1 aromatic heterocycles. The van der Waals surface area contributed by atoms with Gasteiger partial charge in [-0.15, -0.1) is 0 Å². The molecule has 1 atom stereocenters. The van der Waals surface area contributed by atoms with Gasteiger partial charge in [0.1, 0.15) is 0 Å². The van der Waals surface area contributed by atoms with Gasteiger partial charge in [0.05, 0.1) is 35.9 Å². The van der Waals surface area contributed by atoms with Gasteiger partial charge in [-0.3, -0.25) is 9.59 Å². The minimum absolute atomic E-state index is 0.00592. The fraction of sp³-hybridized carbons (Fsp3) is 0.389. The summed E-state index contributed by atoms with van der Waals surface area (Å²) in [6, 6.07) is 8.09. The highest BCUT2D eigenvalue weighted by molar-refractivity contribution is 5.92. The van der Waals surface area contributed by atoms with E-state index in [1.807, 2.05) is 49.7 Å². The highest BCUT2D eigenvalue weighted by Gasteiger charge is 2.23. The number of quaternary nitrogens is 1. The van der Waals surface area contributed by atoms with Crippen molar-refractivity contribution in [2.24, 2.45) is 0 Å². The van der Waals surface area contributed by atoms with Gasteiger partial charge in [-0.2, -0.15) is 5.10 Å².